The van der Waals surface area contributed by atoms with E-state index in [0.29, 0.717) is 5.69 Å². The molecule has 0 fully saturated rings. The molecule has 0 radical (unpaired) electrons. The number of thiocarbonyl (C=S) groups is 1. The fraction of sp³-hybridized carbons (Fsp3) is 0.417. The van der Waals surface area contributed by atoms with Crippen molar-refractivity contribution in [1.29, 1.82) is 0 Å². The zero-order chi connectivity index (χ0) is 13.7. The van der Waals surface area contributed by atoms with E-state index in [9.17, 15) is 4.79 Å². The lowest BCUT2D eigenvalue weighted by molar-refractivity contribution is -0.122. The summed E-state index contributed by atoms with van der Waals surface area (Å²) in [5.74, 6) is -0.0524. The van der Waals surface area contributed by atoms with Crippen LogP contribution in [0.25, 0.3) is 0 Å². The van der Waals surface area contributed by atoms with Crippen molar-refractivity contribution < 1.29 is 4.79 Å². The zero-order valence-electron chi connectivity index (χ0n) is 10.7. The second kappa shape index (κ2) is 6.30. The lowest BCUT2D eigenvalue weighted by Crippen LogP contribution is -2.41. The van der Waals surface area contributed by atoms with E-state index >= 15 is 0 Å². The quantitative estimate of drug-likeness (QED) is 0.694. The second-order valence-electron chi connectivity index (χ2n) is 4.33. The van der Waals surface area contributed by atoms with Crippen LogP contribution in [0.3, 0.4) is 0 Å². The minimum absolute atomic E-state index is 0.0524. The van der Waals surface area contributed by atoms with E-state index < -0.39 is 0 Å². The smallest absolute Gasteiger partial charge is 0.242 e. The molecule has 1 aromatic heterocycles. The van der Waals surface area contributed by atoms with Crippen LogP contribution in [0.1, 0.15) is 26.5 Å². The van der Waals surface area contributed by atoms with E-state index in [0.717, 1.165) is 5.69 Å². The number of nitrogens with one attached hydrogen (secondary N) is 2. The Morgan fingerprint density at radius 2 is 2.06 bits per heavy atom. The van der Waals surface area contributed by atoms with Crippen molar-refractivity contribution in [3.05, 3.63) is 24.0 Å². The molecule has 1 rings (SSSR count). The van der Waals surface area contributed by atoms with Crippen LogP contribution in [0.2, 0.25) is 0 Å². The number of hydrogen-bond acceptors (Lipinski definition) is 4. The molecule has 6 heteroatoms. The lowest BCUT2D eigenvalue weighted by atomic mass is 10.2. The van der Waals surface area contributed by atoms with E-state index in [1.807, 2.05) is 13.8 Å². The van der Waals surface area contributed by atoms with Crippen LogP contribution in [0.4, 0.5) is 5.69 Å². The highest BCUT2D eigenvalue weighted by atomic mass is 32.1. The van der Waals surface area contributed by atoms with Crippen LogP contribution in [0, 0.1) is 0 Å². The van der Waals surface area contributed by atoms with Gasteiger partial charge >= 0.3 is 0 Å². The molecule has 0 saturated carbocycles. The zero-order valence-corrected chi connectivity index (χ0v) is 11.5. The van der Waals surface area contributed by atoms with Crippen LogP contribution >= 0.6 is 12.2 Å². The number of anilines is 1. The maximum Gasteiger partial charge on any atom is 0.242 e. The van der Waals surface area contributed by atoms with Crippen molar-refractivity contribution in [3.63, 3.8) is 0 Å². The Bertz CT molecular complexity index is 430. The van der Waals surface area contributed by atoms with Crippen molar-refractivity contribution >= 4 is 28.8 Å². The number of carbonyl (C=O) groups excluding carboxylic acids is 1. The Morgan fingerprint density at radius 1 is 1.39 bits per heavy atom. The summed E-state index contributed by atoms with van der Waals surface area (Å²) < 4.78 is 0. The van der Waals surface area contributed by atoms with E-state index in [-0.39, 0.29) is 23.0 Å². The first-order valence-corrected chi connectivity index (χ1v) is 6.13. The van der Waals surface area contributed by atoms with Gasteiger partial charge in [-0.15, -0.1) is 0 Å². The van der Waals surface area contributed by atoms with Gasteiger partial charge in [-0.3, -0.25) is 9.78 Å². The molecule has 18 heavy (non-hydrogen) atoms. The van der Waals surface area contributed by atoms with Gasteiger partial charge in [0.05, 0.1) is 17.6 Å². The van der Waals surface area contributed by atoms with Gasteiger partial charge in [-0.05, 0) is 32.9 Å². The normalized spacial score (nSPS) is 12.0. The van der Waals surface area contributed by atoms with Crippen molar-refractivity contribution in [1.82, 2.24) is 10.3 Å². The number of pyridine rings is 1. The van der Waals surface area contributed by atoms with Crippen molar-refractivity contribution in [2.24, 2.45) is 5.73 Å². The Kier molecular flexibility index (Phi) is 5.03. The Morgan fingerprint density at radius 3 is 2.50 bits per heavy atom. The van der Waals surface area contributed by atoms with Crippen molar-refractivity contribution in [3.8, 4) is 0 Å². The Labute approximate surface area is 112 Å². The first kappa shape index (κ1) is 14.4. The summed E-state index contributed by atoms with van der Waals surface area (Å²) in [5.41, 5.74) is 6.77. The SMILES string of the molecule is CC(C)NC(=O)C(C)Nc1ccc(C(N)=S)nc1. The first-order chi connectivity index (χ1) is 8.40. The molecule has 98 valence electrons. The second-order valence-corrected chi connectivity index (χ2v) is 4.77. The van der Waals surface area contributed by atoms with E-state index in [4.69, 9.17) is 18.0 Å². The van der Waals surface area contributed by atoms with E-state index in [1.54, 1.807) is 25.3 Å². The number of nitrogens with two attached hydrogens (primary N) is 1. The number of aromatic nitrogens is 1. The monoisotopic (exact) mass is 266 g/mol. The number of nitrogens with zero attached hydrogens (tertiary/aromatic N) is 1. The third-order valence-electron chi connectivity index (χ3n) is 2.22. The molecule has 4 N–H and O–H groups in total. The predicted molar refractivity (Wildman–Crippen MR) is 76.5 cm³/mol. The third kappa shape index (κ3) is 4.29. The fourth-order valence-corrected chi connectivity index (χ4v) is 1.47. The Hall–Kier alpha value is -1.69. The van der Waals surface area contributed by atoms with Gasteiger partial charge in [-0.1, -0.05) is 12.2 Å². The fourth-order valence-electron chi connectivity index (χ4n) is 1.35. The molecular formula is C12H18N4OS. The average Bonchev–Trinajstić information content (AvgIpc) is 2.28. The van der Waals surface area contributed by atoms with E-state index in [1.165, 1.54) is 0 Å². The molecule has 0 aliphatic heterocycles. The van der Waals surface area contributed by atoms with Gasteiger partial charge < -0.3 is 16.4 Å². The van der Waals surface area contributed by atoms with Gasteiger partial charge in [0.25, 0.3) is 0 Å². The molecule has 1 unspecified atom stereocenters. The van der Waals surface area contributed by atoms with E-state index in [2.05, 4.69) is 15.6 Å². The van der Waals surface area contributed by atoms with Crippen LogP contribution in [0.5, 0.6) is 0 Å². The van der Waals surface area contributed by atoms with Gasteiger partial charge in [0, 0.05) is 6.04 Å². The molecule has 1 heterocycles. The molecule has 0 saturated heterocycles. The largest absolute Gasteiger partial charge is 0.388 e. The molecule has 0 aliphatic carbocycles. The van der Waals surface area contributed by atoms with Crippen molar-refractivity contribution in [2.45, 2.75) is 32.9 Å². The summed E-state index contributed by atoms with van der Waals surface area (Å²) in [5, 5.41) is 5.88. The van der Waals surface area contributed by atoms with Gasteiger partial charge in [-0.25, -0.2) is 0 Å². The van der Waals surface area contributed by atoms with Gasteiger partial charge in [0.15, 0.2) is 0 Å². The van der Waals surface area contributed by atoms with Gasteiger partial charge in [0.2, 0.25) is 5.91 Å². The minimum atomic E-state index is -0.329. The Balaban J connectivity index is 2.61. The highest BCUT2D eigenvalue weighted by Crippen LogP contribution is 2.08. The molecule has 1 amide bonds. The van der Waals surface area contributed by atoms with Crippen LogP contribution in [-0.4, -0.2) is 28.0 Å². The van der Waals surface area contributed by atoms with Crippen LogP contribution in [0.15, 0.2) is 18.3 Å². The van der Waals surface area contributed by atoms with Crippen molar-refractivity contribution in [2.75, 3.05) is 5.32 Å². The maximum atomic E-state index is 11.7. The summed E-state index contributed by atoms with van der Waals surface area (Å²) in [6, 6.07) is 3.31. The standard InChI is InChI=1S/C12H18N4OS/c1-7(2)15-12(17)8(3)16-9-4-5-10(11(13)18)14-6-9/h4-8,16H,1-3H3,(H2,13,18)(H,15,17). The topological polar surface area (TPSA) is 80.0 Å². The molecule has 0 aromatic carbocycles. The average molecular weight is 266 g/mol. The summed E-state index contributed by atoms with van der Waals surface area (Å²) in [6.45, 7) is 5.63. The molecule has 1 aromatic rings. The number of amides is 1. The van der Waals surface area contributed by atoms with Gasteiger partial charge in [0.1, 0.15) is 11.0 Å². The molecule has 1 atom stereocenters. The molecule has 0 spiro atoms. The minimum Gasteiger partial charge on any atom is -0.388 e. The first-order valence-electron chi connectivity index (χ1n) is 5.73. The number of carbonyl (C=O) groups is 1. The van der Waals surface area contributed by atoms with Crippen LogP contribution in [-0.2, 0) is 4.79 Å². The highest BCUT2D eigenvalue weighted by molar-refractivity contribution is 7.80. The third-order valence-corrected chi connectivity index (χ3v) is 2.43. The molecule has 5 nitrogen and oxygen atoms in total. The molecule has 0 bridgehead atoms. The van der Waals surface area contributed by atoms with Crippen LogP contribution < -0.4 is 16.4 Å². The van der Waals surface area contributed by atoms with Gasteiger partial charge in [-0.2, -0.15) is 0 Å². The summed E-state index contributed by atoms with van der Waals surface area (Å²) in [6.07, 6.45) is 1.60. The lowest BCUT2D eigenvalue weighted by Gasteiger charge is -2.16. The highest BCUT2D eigenvalue weighted by Gasteiger charge is 2.13. The summed E-state index contributed by atoms with van der Waals surface area (Å²) in [4.78, 5) is 16.0. The molecule has 0 aliphatic rings. The maximum absolute atomic E-state index is 11.7. The number of hydrogen-bond donors (Lipinski definition) is 3. The summed E-state index contributed by atoms with van der Waals surface area (Å²) in [7, 11) is 0. The molecular weight excluding hydrogens is 248 g/mol. The number of rotatable bonds is 5. The predicted octanol–water partition coefficient (Wildman–Crippen LogP) is 1.04. The summed E-state index contributed by atoms with van der Waals surface area (Å²) >= 11 is 4.81.